The van der Waals surface area contributed by atoms with E-state index in [1.807, 2.05) is 6.07 Å². The zero-order chi connectivity index (χ0) is 11.1. The molecule has 1 aliphatic carbocycles. The molecule has 2 N–H and O–H groups in total. The highest BCUT2D eigenvalue weighted by Crippen LogP contribution is 2.58. The Hall–Kier alpha value is -1.18. The van der Waals surface area contributed by atoms with E-state index in [1.165, 1.54) is 18.4 Å². The first-order valence-corrected chi connectivity index (χ1v) is 5.66. The molecule has 0 spiro atoms. The second-order valence-corrected chi connectivity index (χ2v) is 4.52. The van der Waals surface area contributed by atoms with Gasteiger partial charge in [0.05, 0.1) is 0 Å². The molecule has 1 aromatic carbocycles. The fraction of sp³-hybridized carbons (Fsp3) is 0.538. The molecule has 82 valence electrons. The summed E-state index contributed by atoms with van der Waals surface area (Å²) < 4.78 is 0. The Kier molecular flexibility index (Phi) is 2.37. The van der Waals surface area contributed by atoms with E-state index < -0.39 is 0 Å². The fourth-order valence-electron chi connectivity index (χ4n) is 2.74. The molecule has 0 bridgehead atoms. The minimum absolute atomic E-state index is 0.00192. The Labute approximate surface area is 90.6 Å². The van der Waals surface area contributed by atoms with E-state index in [2.05, 4.69) is 13.8 Å². The Balaban J connectivity index is 2.33. The van der Waals surface area contributed by atoms with Crippen molar-refractivity contribution in [3.05, 3.63) is 23.8 Å². The van der Waals surface area contributed by atoms with Crippen LogP contribution in [-0.4, -0.2) is 10.2 Å². The van der Waals surface area contributed by atoms with Crippen molar-refractivity contribution in [1.29, 1.82) is 0 Å². The second kappa shape index (κ2) is 3.44. The van der Waals surface area contributed by atoms with Crippen LogP contribution in [0.4, 0.5) is 0 Å². The van der Waals surface area contributed by atoms with Crippen molar-refractivity contribution in [3.8, 4) is 11.5 Å². The third-order valence-electron chi connectivity index (χ3n) is 3.91. The van der Waals surface area contributed by atoms with Crippen molar-refractivity contribution < 1.29 is 10.2 Å². The van der Waals surface area contributed by atoms with Gasteiger partial charge in [-0.05, 0) is 41.9 Å². The summed E-state index contributed by atoms with van der Waals surface area (Å²) in [5.41, 5.74) is 1.44. The van der Waals surface area contributed by atoms with Crippen molar-refractivity contribution in [2.75, 3.05) is 0 Å². The van der Waals surface area contributed by atoms with Crippen molar-refractivity contribution in [2.24, 2.45) is 5.92 Å². The lowest BCUT2D eigenvalue weighted by Gasteiger charge is -2.16. The number of aromatic hydroxyl groups is 2. The smallest absolute Gasteiger partial charge is 0.157 e. The summed E-state index contributed by atoms with van der Waals surface area (Å²) in [6.45, 7) is 4.40. The van der Waals surface area contributed by atoms with E-state index in [1.54, 1.807) is 12.1 Å². The van der Waals surface area contributed by atoms with E-state index >= 15 is 0 Å². The van der Waals surface area contributed by atoms with Crippen molar-refractivity contribution in [3.63, 3.8) is 0 Å². The SMILES string of the molecule is CC[C@@H]1C[C@@]1(CC)c1ccc(O)c(O)c1. The highest BCUT2D eigenvalue weighted by molar-refractivity contribution is 5.45. The van der Waals surface area contributed by atoms with Gasteiger partial charge < -0.3 is 10.2 Å². The van der Waals surface area contributed by atoms with Crippen LogP contribution < -0.4 is 0 Å². The van der Waals surface area contributed by atoms with E-state index in [0.717, 1.165) is 12.3 Å². The molecular weight excluding hydrogens is 188 g/mol. The largest absolute Gasteiger partial charge is 0.504 e. The van der Waals surface area contributed by atoms with Gasteiger partial charge >= 0.3 is 0 Å². The Morgan fingerprint density at radius 2 is 2.00 bits per heavy atom. The average molecular weight is 206 g/mol. The standard InChI is InChI=1S/C13H18O2/c1-3-9-8-13(9,4-2)10-5-6-11(14)12(15)7-10/h5-7,9,14-15H,3-4,8H2,1-2H3/t9-,13-/m1/s1. The Morgan fingerprint density at radius 3 is 2.47 bits per heavy atom. The maximum atomic E-state index is 9.50. The van der Waals surface area contributed by atoms with Gasteiger partial charge in [-0.15, -0.1) is 0 Å². The van der Waals surface area contributed by atoms with Gasteiger partial charge in [0.15, 0.2) is 11.5 Å². The molecular formula is C13H18O2. The zero-order valence-corrected chi connectivity index (χ0v) is 9.33. The van der Waals surface area contributed by atoms with Gasteiger partial charge in [-0.25, -0.2) is 0 Å². The van der Waals surface area contributed by atoms with E-state index in [-0.39, 0.29) is 16.9 Å². The lowest BCUT2D eigenvalue weighted by molar-refractivity contribution is 0.401. The molecule has 0 amide bonds. The third-order valence-corrected chi connectivity index (χ3v) is 3.91. The van der Waals surface area contributed by atoms with Gasteiger partial charge in [0.1, 0.15) is 0 Å². The Bertz CT molecular complexity index is 373. The molecule has 0 unspecified atom stereocenters. The highest BCUT2D eigenvalue weighted by Gasteiger charge is 2.52. The molecule has 15 heavy (non-hydrogen) atoms. The summed E-state index contributed by atoms with van der Waals surface area (Å²) in [5, 5.41) is 18.8. The van der Waals surface area contributed by atoms with Crippen LogP contribution in [-0.2, 0) is 5.41 Å². The molecule has 1 saturated carbocycles. The maximum absolute atomic E-state index is 9.50. The fourth-order valence-corrected chi connectivity index (χ4v) is 2.74. The summed E-state index contributed by atoms with van der Waals surface area (Å²) in [4.78, 5) is 0. The van der Waals surface area contributed by atoms with Crippen LogP contribution in [0.3, 0.4) is 0 Å². The van der Waals surface area contributed by atoms with Crippen LogP contribution in [0.25, 0.3) is 0 Å². The number of rotatable bonds is 3. The molecule has 0 aromatic heterocycles. The number of phenols is 2. The monoisotopic (exact) mass is 206 g/mol. The van der Waals surface area contributed by atoms with Gasteiger partial charge in [0, 0.05) is 0 Å². The number of hydrogen-bond donors (Lipinski definition) is 2. The third kappa shape index (κ3) is 1.48. The predicted molar refractivity (Wildman–Crippen MR) is 60.1 cm³/mol. The van der Waals surface area contributed by atoms with E-state index in [0.29, 0.717) is 0 Å². The average Bonchev–Trinajstić information content (AvgIpc) is 2.97. The number of phenolic OH excluding ortho intramolecular Hbond substituents is 2. The summed E-state index contributed by atoms with van der Waals surface area (Å²) in [6, 6.07) is 5.25. The molecule has 1 fully saturated rings. The normalized spacial score (nSPS) is 29.1. The Morgan fingerprint density at radius 1 is 1.27 bits per heavy atom. The molecule has 0 radical (unpaired) electrons. The molecule has 2 atom stereocenters. The second-order valence-electron chi connectivity index (χ2n) is 4.52. The summed E-state index contributed by atoms with van der Waals surface area (Å²) in [6.07, 6.45) is 3.51. The molecule has 2 nitrogen and oxygen atoms in total. The molecule has 0 aliphatic heterocycles. The number of benzene rings is 1. The minimum Gasteiger partial charge on any atom is -0.504 e. The van der Waals surface area contributed by atoms with Crippen LogP contribution in [0, 0.1) is 5.92 Å². The zero-order valence-electron chi connectivity index (χ0n) is 9.33. The van der Waals surface area contributed by atoms with Gasteiger partial charge in [0.25, 0.3) is 0 Å². The van der Waals surface area contributed by atoms with Crippen LogP contribution in [0.15, 0.2) is 18.2 Å². The van der Waals surface area contributed by atoms with Gasteiger partial charge in [-0.1, -0.05) is 26.3 Å². The van der Waals surface area contributed by atoms with Crippen LogP contribution >= 0.6 is 0 Å². The molecule has 1 aliphatic rings. The lowest BCUT2D eigenvalue weighted by atomic mass is 9.89. The summed E-state index contributed by atoms with van der Waals surface area (Å²) >= 11 is 0. The lowest BCUT2D eigenvalue weighted by Crippen LogP contribution is -2.08. The molecule has 0 saturated heterocycles. The first-order chi connectivity index (χ1) is 7.14. The molecule has 1 aromatic rings. The molecule has 2 rings (SSSR count). The van der Waals surface area contributed by atoms with E-state index in [9.17, 15) is 10.2 Å². The van der Waals surface area contributed by atoms with E-state index in [4.69, 9.17) is 0 Å². The first-order valence-electron chi connectivity index (χ1n) is 5.66. The summed E-state index contributed by atoms with van der Waals surface area (Å²) in [7, 11) is 0. The van der Waals surface area contributed by atoms with Crippen molar-refractivity contribution in [2.45, 2.75) is 38.5 Å². The summed E-state index contributed by atoms with van der Waals surface area (Å²) in [5.74, 6) is 0.715. The van der Waals surface area contributed by atoms with Gasteiger partial charge in [0.2, 0.25) is 0 Å². The minimum atomic E-state index is -0.0290. The van der Waals surface area contributed by atoms with Crippen LogP contribution in [0.5, 0.6) is 11.5 Å². The topological polar surface area (TPSA) is 40.5 Å². The van der Waals surface area contributed by atoms with Crippen LogP contribution in [0.2, 0.25) is 0 Å². The molecule has 0 heterocycles. The predicted octanol–water partition coefficient (Wildman–Crippen LogP) is 3.18. The number of hydrogen-bond acceptors (Lipinski definition) is 2. The highest BCUT2D eigenvalue weighted by atomic mass is 16.3. The van der Waals surface area contributed by atoms with Crippen molar-refractivity contribution in [1.82, 2.24) is 0 Å². The quantitative estimate of drug-likeness (QED) is 0.746. The van der Waals surface area contributed by atoms with Gasteiger partial charge in [-0.2, -0.15) is 0 Å². The van der Waals surface area contributed by atoms with Crippen molar-refractivity contribution >= 4 is 0 Å². The molecule has 2 heteroatoms. The van der Waals surface area contributed by atoms with Gasteiger partial charge in [-0.3, -0.25) is 0 Å². The first kappa shape index (κ1) is 10.3. The van der Waals surface area contributed by atoms with Crippen LogP contribution in [0.1, 0.15) is 38.7 Å². The maximum Gasteiger partial charge on any atom is 0.157 e.